The summed E-state index contributed by atoms with van der Waals surface area (Å²) in [5.74, 6) is -0.740. The molecule has 6 nitrogen and oxygen atoms in total. The highest BCUT2D eigenvalue weighted by atomic mass is 16.4. The fourth-order valence-electron chi connectivity index (χ4n) is 4.79. The highest BCUT2D eigenvalue weighted by Crippen LogP contribution is 2.49. The minimum absolute atomic E-state index is 0.0692. The average Bonchev–Trinajstić information content (AvgIpc) is 3.27. The van der Waals surface area contributed by atoms with Gasteiger partial charge in [0.25, 0.3) is 5.91 Å². The Morgan fingerprint density at radius 3 is 2.78 bits per heavy atom. The monoisotopic (exact) mass is 367 g/mol. The predicted octanol–water partition coefficient (Wildman–Crippen LogP) is 2.88. The van der Waals surface area contributed by atoms with E-state index in [1.807, 2.05) is 48.9 Å². The van der Waals surface area contributed by atoms with Crippen LogP contribution in [0.2, 0.25) is 0 Å². The molecular weight excluding hydrogens is 342 g/mol. The molecule has 1 aliphatic heterocycles. The molecule has 1 aromatic heterocycles. The van der Waals surface area contributed by atoms with Crippen LogP contribution in [0, 0.1) is 25.2 Å². The predicted molar refractivity (Wildman–Crippen MR) is 101 cm³/mol. The lowest BCUT2D eigenvalue weighted by Gasteiger charge is -2.23. The molecule has 4 rings (SSSR count). The van der Waals surface area contributed by atoms with Crippen LogP contribution in [0.25, 0.3) is 0 Å². The second-order valence-electron chi connectivity index (χ2n) is 8.02. The number of carbonyl (C=O) groups excluding carboxylic acids is 1. The summed E-state index contributed by atoms with van der Waals surface area (Å²) in [6.07, 6.45) is 2.51. The van der Waals surface area contributed by atoms with Crippen molar-refractivity contribution in [3.05, 3.63) is 52.8 Å². The van der Waals surface area contributed by atoms with Gasteiger partial charge in [-0.15, -0.1) is 0 Å². The van der Waals surface area contributed by atoms with Crippen LogP contribution in [0.4, 0.5) is 0 Å². The Morgan fingerprint density at radius 2 is 2.11 bits per heavy atom. The van der Waals surface area contributed by atoms with Crippen LogP contribution >= 0.6 is 0 Å². The SMILES string of the molecule is Cc1cc(C)n(Cc2cccc(C(=O)N3C[C@@H]4CCC[C@@]4(C(=O)O)C3)c2)n1. The molecule has 0 unspecified atom stereocenters. The van der Waals surface area contributed by atoms with E-state index in [4.69, 9.17) is 0 Å². The molecule has 2 atom stereocenters. The molecule has 1 saturated carbocycles. The Hall–Kier alpha value is -2.63. The van der Waals surface area contributed by atoms with Crippen LogP contribution in [0.3, 0.4) is 0 Å². The highest BCUT2D eigenvalue weighted by Gasteiger charge is 2.55. The zero-order chi connectivity index (χ0) is 19.2. The number of benzene rings is 1. The molecule has 6 heteroatoms. The third-order valence-corrected chi connectivity index (χ3v) is 6.19. The molecule has 0 spiro atoms. The highest BCUT2D eigenvalue weighted by molar-refractivity contribution is 5.95. The van der Waals surface area contributed by atoms with Gasteiger partial charge in [0, 0.05) is 24.3 Å². The number of hydrogen-bond acceptors (Lipinski definition) is 3. The number of carboxylic acids is 1. The molecule has 1 saturated heterocycles. The van der Waals surface area contributed by atoms with Gasteiger partial charge < -0.3 is 10.0 Å². The number of likely N-dealkylation sites (tertiary alicyclic amines) is 1. The van der Waals surface area contributed by atoms with Crippen LogP contribution in [0.1, 0.15) is 46.6 Å². The lowest BCUT2D eigenvalue weighted by atomic mass is 9.81. The van der Waals surface area contributed by atoms with Gasteiger partial charge in [-0.05, 0) is 56.4 Å². The molecular formula is C21H25N3O3. The van der Waals surface area contributed by atoms with Crippen LogP contribution in [-0.4, -0.2) is 44.8 Å². The van der Waals surface area contributed by atoms with Crippen LogP contribution < -0.4 is 0 Å². The van der Waals surface area contributed by atoms with Crippen molar-refractivity contribution >= 4 is 11.9 Å². The molecule has 1 aliphatic carbocycles. The summed E-state index contributed by atoms with van der Waals surface area (Å²) in [6.45, 7) is 5.47. The van der Waals surface area contributed by atoms with Gasteiger partial charge >= 0.3 is 5.97 Å². The summed E-state index contributed by atoms with van der Waals surface area (Å²) in [7, 11) is 0. The van der Waals surface area contributed by atoms with Crippen molar-refractivity contribution < 1.29 is 14.7 Å². The number of aryl methyl sites for hydroxylation is 2. The number of carboxylic acid groups (broad SMARTS) is 1. The molecule has 142 valence electrons. The van der Waals surface area contributed by atoms with E-state index in [1.54, 1.807) is 4.90 Å². The van der Waals surface area contributed by atoms with Gasteiger partial charge in [-0.3, -0.25) is 14.3 Å². The normalized spacial score (nSPS) is 24.2. The first-order valence-corrected chi connectivity index (χ1v) is 9.52. The molecule has 1 amide bonds. The van der Waals surface area contributed by atoms with Crippen LogP contribution in [0.5, 0.6) is 0 Å². The summed E-state index contributed by atoms with van der Waals surface area (Å²) in [4.78, 5) is 26.6. The average molecular weight is 367 g/mol. The standard InChI is InChI=1S/C21H25N3O3/c1-14-9-15(2)24(22-14)11-16-5-3-6-17(10-16)19(25)23-12-18-7-4-8-21(18,13-23)20(26)27/h3,5-6,9-10,18H,4,7-8,11-13H2,1-2H3,(H,26,27)/t18-,21+/m0/s1. The van der Waals surface area contributed by atoms with E-state index in [2.05, 4.69) is 5.10 Å². The van der Waals surface area contributed by atoms with Crippen molar-refractivity contribution in [2.24, 2.45) is 11.3 Å². The summed E-state index contributed by atoms with van der Waals surface area (Å²) in [5.41, 5.74) is 2.95. The van der Waals surface area contributed by atoms with Crippen molar-refractivity contribution in [2.75, 3.05) is 13.1 Å². The molecule has 2 fully saturated rings. The maximum Gasteiger partial charge on any atom is 0.311 e. The molecule has 1 aromatic carbocycles. The van der Waals surface area contributed by atoms with E-state index in [0.717, 1.165) is 29.8 Å². The van der Waals surface area contributed by atoms with Crippen molar-refractivity contribution in [3.8, 4) is 0 Å². The summed E-state index contributed by atoms with van der Waals surface area (Å²) in [5, 5.41) is 14.2. The molecule has 2 heterocycles. The molecule has 2 aromatic rings. The zero-order valence-electron chi connectivity index (χ0n) is 15.8. The minimum Gasteiger partial charge on any atom is -0.481 e. The quantitative estimate of drug-likeness (QED) is 0.902. The van der Waals surface area contributed by atoms with E-state index in [9.17, 15) is 14.7 Å². The number of fused-ring (bicyclic) bond motifs is 1. The molecule has 0 radical (unpaired) electrons. The maximum absolute atomic E-state index is 13.0. The van der Waals surface area contributed by atoms with E-state index in [1.165, 1.54) is 0 Å². The van der Waals surface area contributed by atoms with Gasteiger partial charge in [0.05, 0.1) is 17.7 Å². The van der Waals surface area contributed by atoms with Crippen molar-refractivity contribution in [3.63, 3.8) is 0 Å². The molecule has 2 aliphatic rings. The van der Waals surface area contributed by atoms with Crippen molar-refractivity contribution in [1.82, 2.24) is 14.7 Å². The van der Waals surface area contributed by atoms with E-state index >= 15 is 0 Å². The largest absolute Gasteiger partial charge is 0.481 e. The van der Waals surface area contributed by atoms with Gasteiger partial charge in [0.1, 0.15) is 0 Å². The second kappa shape index (κ2) is 6.51. The van der Waals surface area contributed by atoms with Crippen molar-refractivity contribution in [2.45, 2.75) is 39.7 Å². The zero-order valence-corrected chi connectivity index (χ0v) is 15.8. The number of carbonyl (C=O) groups is 2. The van der Waals surface area contributed by atoms with E-state index < -0.39 is 11.4 Å². The van der Waals surface area contributed by atoms with Gasteiger partial charge in [-0.1, -0.05) is 18.6 Å². The third-order valence-electron chi connectivity index (χ3n) is 6.19. The fraction of sp³-hybridized carbons (Fsp3) is 0.476. The number of rotatable bonds is 4. The fourth-order valence-corrected chi connectivity index (χ4v) is 4.79. The number of aromatic nitrogens is 2. The summed E-state index contributed by atoms with van der Waals surface area (Å²) < 4.78 is 1.93. The number of hydrogen-bond donors (Lipinski definition) is 1. The van der Waals surface area contributed by atoms with Gasteiger partial charge in [0.2, 0.25) is 0 Å². The van der Waals surface area contributed by atoms with Crippen molar-refractivity contribution in [1.29, 1.82) is 0 Å². The second-order valence-corrected chi connectivity index (χ2v) is 8.02. The Kier molecular flexibility index (Phi) is 4.29. The first-order valence-electron chi connectivity index (χ1n) is 9.52. The lowest BCUT2D eigenvalue weighted by Crippen LogP contribution is -2.37. The number of amides is 1. The van der Waals surface area contributed by atoms with Crippen LogP contribution in [-0.2, 0) is 11.3 Å². The first kappa shape index (κ1) is 17.8. The summed E-state index contributed by atoms with van der Waals surface area (Å²) in [6, 6.07) is 9.63. The van der Waals surface area contributed by atoms with E-state index in [-0.39, 0.29) is 11.8 Å². The Bertz CT molecular complexity index is 904. The minimum atomic E-state index is -0.751. The Labute approximate surface area is 158 Å². The van der Waals surface area contributed by atoms with Gasteiger partial charge in [-0.2, -0.15) is 5.10 Å². The molecule has 0 bridgehead atoms. The topological polar surface area (TPSA) is 75.4 Å². The first-order chi connectivity index (χ1) is 12.9. The number of aliphatic carboxylic acids is 1. The van der Waals surface area contributed by atoms with E-state index in [0.29, 0.717) is 31.6 Å². The Balaban J connectivity index is 1.53. The van der Waals surface area contributed by atoms with Crippen LogP contribution in [0.15, 0.2) is 30.3 Å². The van der Waals surface area contributed by atoms with Gasteiger partial charge in [0.15, 0.2) is 0 Å². The number of nitrogens with zero attached hydrogens (tertiary/aromatic N) is 3. The lowest BCUT2D eigenvalue weighted by molar-refractivity contribution is -0.149. The molecule has 27 heavy (non-hydrogen) atoms. The third kappa shape index (κ3) is 3.03. The van der Waals surface area contributed by atoms with Gasteiger partial charge in [-0.25, -0.2) is 0 Å². The smallest absolute Gasteiger partial charge is 0.311 e. The Morgan fingerprint density at radius 1 is 1.30 bits per heavy atom. The molecule has 1 N–H and O–H groups in total. The summed E-state index contributed by atoms with van der Waals surface area (Å²) >= 11 is 0. The maximum atomic E-state index is 13.0.